The quantitative estimate of drug-likeness (QED) is 0.499. The molecule has 5 heteroatoms. The van der Waals surface area contributed by atoms with Crippen LogP contribution in [0.3, 0.4) is 0 Å². The zero-order valence-corrected chi connectivity index (χ0v) is 8.18. The molecule has 0 fully saturated rings. The largest absolute Gasteiger partial charge is 0.403 e. The second-order valence-corrected chi connectivity index (χ2v) is 3.04. The minimum absolute atomic E-state index is 0.113. The molecule has 0 aliphatic carbocycles. The van der Waals surface area contributed by atoms with E-state index in [1.807, 2.05) is 0 Å². The number of rotatable bonds is 5. The van der Waals surface area contributed by atoms with Crippen molar-refractivity contribution in [1.82, 2.24) is 0 Å². The molecule has 0 spiro atoms. The lowest BCUT2D eigenvalue weighted by Gasteiger charge is -2.08. The van der Waals surface area contributed by atoms with Gasteiger partial charge in [0, 0.05) is 12.4 Å². The van der Waals surface area contributed by atoms with Crippen molar-refractivity contribution >= 4 is 24.5 Å². The molecule has 0 rings (SSSR count). The van der Waals surface area contributed by atoms with Gasteiger partial charge in [-0.05, 0) is 13.8 Å². The molecule has 0 aromatic carbocycles. The lowest BCUT2D eigenvalue weighted by Crippen LogP contribution is -2.19. The molecule has 0 aromatic heterocycles. The molecule has 0 aromatic rings. The summed E-state index contributed by atoms with van der Waals surface area (Å²) in [5.74, 6) is 0. The van der Waals surface area contributed by atoms with Gasteiger partial charge >= 0.3 is 0 Å². The van der Waals surface area contributed by atoms with Gasteiger partial charge in [-0.2, -0.15) is 0 Å². The van der Waals surface area contributed by atoms with Crippen LogP contribution in [0.1, 0.15) is 13.8 Å². The Kier molecular flexibility index (Phi) is 5.06. The van der Waals surface area contributed by atoms with Crippen LogP contribution in [0.5, 0.6) is 0 Å². The molecular weight excluding hydrogens is 182 g/mol. The predicted molar refractivity (Wildman–Crippen MR) is 55.5 cm³/mol. The van der Waals surface area contributed by atoms with Crippen molar-refractivity contribution in [2.45, 2.75) is 19.4 Å². The zero-order valence-electron chi connectivity index (χ0n) is 8.18. The Morgan fingerprint density at radius 2 is 2.00 bits per heavy atom. The van der Waals surface area contributed by atoms with E-state index >= 15 is 0 Å². The number of carbonyl (C=O) groups is 2. The van der Waals surface area contributed by atoms with E-state index in [2.05, 4.69) is 9.98 Å². The maximum Gasteiger partial charge on any atom is 0.169 e. The fourth-order valence-corrected chi connectivity index (χ4v) is 0.486. The molecule has 0 aliphatic rings. The number of carbonyl (C=O) groups excluding carboxylic acids is 2. The summed E-state index contributed by atoms with van der Waals surface area (Å²) in [7, 11) is 0. The number of hydrogen-bond acceptors (Lipinski definition) is 5. The molecule has 0 unspecified atom stereocenters. The van der Waals surface area contributed by atoms with E-state index in [-0.39, 0.29) is 5.71 Å². The van der Waals surface area contributed by atoms with Gasteiger partial charge in [0.1, 0.15) is 17.5 Å². The van der Waals surface area contributed by atoms with E-state index in [9.17, 15) is 9.59 Å². The third kappa shape index (κ3) is 4.97. The van der Waals surface area contributed by atoms with E-state index in [0.29, 0.717) is 12.6 Å². The lowest BCUT2D eigenvalue weighted by atomic mass is 10.1. The van der Waals surface area contributed by atoms with Crippen LogP contribution >= 0.6 is 0 Å². The summed E-state index contributed by atoms with van der Waals surface area (Å²) in [6, 6.07) is 0. The minimum atomic E-state index is -0.837. The van der Waals surface area contributed by atoms with Gasteiger partial charge in [-0.3, -0.25) is 14.8 Å². The molecular formula is C9H13N3O2. The van der Waals surface area contributed by atoms with Crippen molar-refractivity contribution < 1.29 is 9.59 Å². The Hall–Kier alpha value is -1.78. The summed E-state index contributed by atoms with van der Waals surface area (Å²) < 4.78 is 0. The lowest BCUT2D eigenvalue weighted by molar-refractivity contribution is -0.111. The Labute approximate surface area is 82.4 Å². The van der Waals surface area contributed by atoms with Crippen LogP contribution in [0.2, 0.25) is 0 Å². The SMILES string of the molecule is CC(C)(C=O)N=CC(C=O)=N/C=C\N. The highest BCUT2D eigenvalue weighted by atomic mass is 16.1. The molecule has 14 heavy (non-hydrogen) atoms. The molecule has 0 bridgehead atoms. The average Bonchev–Trinajstić information content (AvgIpc) is 2.18. The maximum absolute atomic E-state index is 10.5. The molecule has 0 aliphatic heterocycles. The Morgan fingerprint density at radius 3 is 2.43 bits per heavy atom. The molecule has 0 saturated carbocycles. The van der Waals surface area contributed by atoms with Crippen molar-refractivity contribution in [2.24, 2.45) is 15.7 Å². The molecule has 0 saturated heterocycles. The number of hydrogen-bond donors (Lipinski definition) is 1. The molecule has 76 valence electrons. The minimum Gasteiger partial charge on any atom is -0.403 e. The Bertz CT molecular complexity index is 290. The van der Waals surface area contributed by atoms with Crippen molar-refractivity contribution in [3.05, 3.63) is 12.4 Å². The highest BCUT2D eigenvalue weighted by Gasteiger charge is 2.12. The van der Waals surface area contributed by atoms with E-state index in [1.165, 1.54) is 18.6 Å². The van der Waals surface area contributed by atoms with Gasteiger partial charge in [-0.25, -0.2) is 0 Å². The van der Waals surface area contributed by atoms with Crippen molar-refractivity contribution in [3.63, 3.8) is 0 Å². The van der Waals surface area contributed by atoms with Crippen LogP contribution in [0.25, 0.3) is 0 Å². The summed E-state index contributed by atoms with van der Waals surface area (Å²) in [5.41, 5.74) is 4.31. The Morgan fingerprint density at radius 1 is 1.36 bits per heavy atom. The standard InChI is InChI=1S/C9H13N3O2/c1-9(2,7-14)12-5-8(6-13)11-4-3-10/h3-7H,10H2,1-2H3/b4-3-,11-8?,12-5?. The number of aliphatic imine (C=N–C) groups is 2. The third-order valence-corrected chi connectivity index (χ3v) is 1.25. The van der Waals surface area contributed by atoms with E-state index in [0.717, 1.165) is 0 Å². The van der Waals surface area contributed by atoms with Gasteiger partial charge < -0.3 is 10.5 Å². The fourth-order valence-electron chi connectivity index (χ4n) is 0.486. The highest BCUT2D eigenvalue weighted by molar-refractivity contribution is 6.54. The molecule has 0 heterocycles. The van der Waals surface area contributed by atoms with E-state index in [1.54, 1.807) is 13.8 Å². The van der Waals surface area contributed by atoms with Crippen LogP contribution < -0.4 is 5.73 Å². The smallest absolute Gasteiger partial charge is 0.169 e. The van der Waals surface area contributed by atoms with Gasteiger partial charge in [0.2, 0.25) is 0 Å². The van der Waals surface area contributed by atoms with Crippen molar-refractivity contribution in [1.29, 1.82) is 0 Å². The molecule has 0 atom stereocenters. The summed E-state index contributed by atoms with van der Waals surface area (Å²) in [5, 5.41) is 0. The first-order valence-electron chi connectivity index (χ1n) is 3.97. The Balaban J connectivity index is 4.62. The highest BCUT2D eigenvalue weighted by Crippen LogP contribution is 2.02. The molecule has 0 radical (unpaired) electrons. The van der Waals surface area contributed by atoms with E-state index in [4.69, 9.17) is 5.73 Å². The van der Waals surface area contributed by atoms with Crippen LogP contribution in [-0.2, 0) is 9.59 Å². The molecule has 5 nitrogen and oxygen atoms in total. The second-order valence-electron chi connectivity index (χ2n) is 3.04. The molecule has 0 amide bonds. The number of nitrogens with zero attached hydrogens (tertiary/aromatic N) is 2. The third-order valence-electron chi connectivity index (χ3n) is 1.25. The van der Waals surface area contributed by atoms with Gasteiger partial charge in [0.05, 0.1) is 6.21 Å². The maximum atomic E-state index is 10.5. The monoisotopic (exact) mass is 195 g/mol. The van der Waals surface area contributed by atoms with Gasteiger partial charge in [-0.15, -0.1) is 0 Å². The summed E-state index contributed by atoms with van der Waals surface area (Å²) in [6.45, 7) is 3.25. The van der Waals surface area contributed by atoms with Gasteiger partial charge in [-0.1, -0.05) is 0 Å². The van der Waals surface area contributed by atoms with Crippen LogP contribution in [0.4, 0.5) is 0 Å². The predicted octanol–water partition coefficient (Wildman–Crippen LogP) is 0.105. The van der Waals surface area contributed by atoms with Crippen LogP contribution in [0, 0.1) is 0 Å². The summed E-state index contributed by atoms with van der Waals surface area (Å²) >= 11 is 0. The zero-order chi connectivity index (χ0) is 11.0. The van der Waals surface area contributed by atoms with Gasteiger partial charge in [0.15, 0.2) is 6.29 Å². The van der Waals surface area contributed by atoms with Gasteiger partial charge in [0.25, 0.3) is 0 Å². The normalized spacial score (nSPS) is 13.7. The van der Waals surface area contributed by atoms with Crippen molar-refractivity contribution in [2.75, 3.05) is 0 Å². The van der Waals surface area contributed by atoms with Crippen LogP contribution in [0.15, 0.2) is 22.4 Å². The first-order chi connectivity index (χ1) is 6.55. The average molecular weight is 195 g/mol. The first kappa shape index (κ1) is 12.2. The summed E-state index contributed by atoms with van der Waals surface area (Å²) in [6.07, 6.45) is 4.92. The second kappa shape index (κ2) is 5.80. The number of aldehydes is 2. The summed E-state index contributed by atoms with van der Waals surface area (Å²) in [4.78, 5) is 28.4. The topological polar surface area (TPSA) is 84.9 Å². The van der Waals surface area contributed by atoms with Crippen LogP contribution in [-0.4, -0.2) is 30.0 Å². The van der Waals surface area contributed by atoms with E-state index < -0.39 is 5.54 Å². The number of nitrogens with two attached hydrogens (primary N) is 1. The molecule has 2 N–H and O–H groups in total. The van der Waals surface area contributed by atoms with Crippen molar-refractivity contribution in [3.8, 4) is 0 Å². The first-order valence-corrected chi connectivity index (χ1v) is 3.97. The fraction of sp³-hybridized carbons (Fsp3) is 0.333.